The molecule has 114 valence electrons. The summed E-state index contributed by atoms with van der Waals surface area (Å²) in [5, 5.41) is 18.7. The van der Waals surface area contributed by atoms with Crippen LogP contribution in [0.2, 0.25) is 0 Å². The number of aromatic hydroxyl groups is 1. The Labute approximate surface area is 128 Å². The predicted octanol–water partition coefficient (Wildman–Crippen LogP) is 3.03. The topological polar surface area (TPSA) is 76.0 Å². The molecule has 22 heavy (non-hydrogen) atoms. The highest BCUT2D eigenvalue weighted by Crippen LogP contribution is 2.29. The van der Waals surface area contributed by atoms with Gasteiger partial charge < -0.3 is 19.7 Å². The van der Waals surface area contributed by atoms with Gasteiger partial charge in [0.15, 0.2) is 11.5 Å². The van der Waals surface area contributed by atoms with E-state index < -0.39 is 5.97 Å². The van der Waals surface area contributed by atoms with Crippen LogP contribution in [-0.2, 0) is 4.79 Å². The molecule has 2 N–H and O–H groups in total. The molecule has 0 amide bonds. The summed E-state index contributed by atoms with van der Waals surface area (Å²) >= 11 is 0. The first kappa shape index (κ1) is 15.4. The van der Waals surface area contributed by atoms with E-state index in [1.165, 1.54) is 32.4 Å². The molecule has 2 rings (SSSR count). The number of carboxylic acid groups (broad SMARTS) is 1. The molecule has 0 spiro atoms. The SMILES string of the molecule is COc1ccc(/C=C(/C(=O)O)c2ccc(O)cc2)cc1OC. The summed E-state index contributed by atoms with van der Waals surface area (Å²) in [6.45, 7) is 0. The predicted molar refractivity (Wildman–Crippen MR) is 83.2 cm³/mol. The summed E-state index contributed by atoms with van der Waals surface area (Å²) < 4.78 is 10.4. The van der Waals surface area contributed by atoms with Gasteiger partial charge in [-0.05, 0) is 41.5 Å². The Morgan fingerprint density at radius 2 is 1.64 bits per heavy atom. The highest BCUT2D eigenvalue weighted by molar-refractivity contribution is 6.20. The summed E-state index contributed by atoms with van der Waals surface area (Å²) in [6.07, 6.45) is 1.54. The van der Waals surface area contributed by atoms with Gasteiger partial charge >= 0.3 is 5.97 Å². The molecule has 0 atom stereocenters. The molecule has 0 aromatic heterocycles. The van der Waals surface area contributed by atoms with E-state index in [9.17, 15) is 15.0 Å². The van der Waals surface area contributed by atoms with Gasteiger partial charge in [0, 0.05) is 0 Å². The lowest BCUT2D eigenvalue weighted by Gasteiger charge is -2.09. The van der Waals surface area contributed by atoms with Gasteiger partial charge in [-0.15, -0.1) is 0 Å². The van der Waals surface area contributed by atoms with Crippen molar-refractivity contribution in [3.05, 3.63) is 53.6 Å². The fourth-order valence-corrected chi connectivity index (χ4v) is 2.02. The number of phenolic OH excluding ortho intramolecular Hbond substituents is 1. The second-order valence-electron chi connectivity index (χ2n) is 4.52. The van der Waals surface area contributed by atoms with Crippen molar-refractivity contribution >= 4 is 17.6 Å². The number of benzene rings is 2. The maximum absolute atomic E-state index is 11.5. The molecule has 2 aromatic carbocycles. The minimum Gasteiger partial charge on any atom is -0.508 e. The molecule has 0 heterocycles. The highest BCUT2D eigenvalue weighted by Gasteiger charge is 2.11. The van der Waals surface area contributed by atoms with Crippen LogP contribution in [-0.4, -0.2) is 30.4 Å². The van der Waals surface area contributed by atoms with E-state index in [-0.39, 0.29) is 11.3 Å². The fourth-order valence-electron chi connectivity index (χ4n) is 2.02. The molecule has 0 aliphatic carbocycles. The van der Waals surface area contributed by atoms with E-state index in [0.717, 1.165) is 0 Å². The molecule has 5 nitrogen and oxygen atoms in total. The van der Waals surface area contributed by atoms with Crippen molar-refractivity contribution in [3.63, 3.8) is 0 Å². The van der Waals surface area contributed by atoms with Crippen molar-refractivity contribution in [2.45, 2.75) is 0 Å². The lowest BCUT2D eigenvalue weighted by molar-refractivity contribution is -0.130. The zero-order valence-corrected chi connectivity index (χ0v) is 12.2. The summed E-state index contributed by atoms with van der Waals surface area (Å²) in [7, 11) is 3.05. The number of methoxy groups -OCH3 is 2. The van der Waals surface area contributed by atoms with Crippen molar-refractivity contribution in [3.8, 4) is 17.2 Å². The average molecular weight is 300 g/mol. The van der Waals surface area contributed by atoms with Gasteiger partial charge in [0.25, 0.3) is 0 Å². The quantitative estimate of drug-likeness (QED) is 0.655. The van der Waals surface area contributed by atoms with Gasteiger partial charge in [-0.25, -0.2) is 4.79 Å². The van der Waals surface area contributed by atoms with Gasteiger partial charge in [0.2, 0.25) is 0 Å². The smallest absolute Gasteiger partial charge is 0.336 e. The number of hydrogen-bond donors (Lipinski definition) is 2. The first-order chi connectivity index (χ1) is 10.5. The monoisotopic (exact) mass is 300 g/mol. The maximum atomic E-state index is 11.5. The summed E-state index contributed by atoms with van der Waals surface area (Å²) in [4.78, 5) is 11.5. The van der Waals surface area contributed by atoms with E-state index in [4.69, 9.17) is 9.47 Å². The van der Waals surface area contributed by atoms with Crippen molar-refractivity contribution < 1.29 is 24.5 Å². The fraction of sp³-hybridized carbons (Fsp3) is 0.118. The van der Waals surface area contributed by atoms with Crippen LogP contribution in [0.25, 0.3) is 11.6 Å². The van der Waals surface area contributed by atoms with Crippen LogP contribution in [0.5, 0.6) is 17.2 Å². The van der Waals surface area contributed by atoms with Gasteiger partial charge in [0.1, 0.15) is 5.75 Å². The van der Waals surface area contributed by atoms with Crippen molar-refractivity contribution in [1.82, 2.24) is 0 Å². The summed E-state index contributed by atoms with van der Waals surface area (Å²) in [6, 6.07) is 11.1. The molecule has 0 saturated carbocycles. The Morgan fingerprint density at radius 3 is 2.18 bits per heavy atom. The number of hydrogen-bond acceptors (Lipinski definition) is 4. The molecule has 0 unspecified atom stereocenters. The van der Waals surface area contributed by atoms with E-state index >= 15 is 0 Å². The van der Waals surface area contributed by atoms with Crippen LogP contribution in [0.4, 0.5) is 0 Å². The first-order valence-corrected chi connectivity index (χ1v) is 6.51. The zero-order valence-electron chi connectivity index (χ0n) is 12.2. The second-order valence-corrected chi connectivity index (χ2v) is 4.52. The van der Waals surface area contributed by atoms with Crippen LogP contribution >= 0.6 is 0 Å². The number of ether oxygens (including phenoxy) is 2. The Morgan fingerprint density at radius 1 is 1.00 bits per heavy atom. The van der Waals surface area contributed by atoms with Crippen molar-refractivity contribution in [2.75, 3.05) is 14.2 Å². The molecule has 0 fully saturated rings. The Hall–Kier alpha value is -2.95. The number of carboxylic acids is 1. The Kier molecular flexibility index (Phi) is 4.68. The third-order valence-electron chi connectivity index (χ3n) is 3.13. The number of aliphatic carboxylic acids is 1. The Balaban J connectivity index is 2.46. The highest BCUT2D eigenvalue weighted by atomic mass is 16.5. The molecular weight excluding hydrogens is 284 g/mol. The van der Waals surface area contributed by atoms with Gasteiger partial charge in [-0.3, -0.25) is 0 Å². The minimum atomic E-state index is -1.06. The normalized spacial score (nSPS) is 11.1. The van der Waals surface area contributed by atoms with Crippen LogP contribution in [0.15, 0.2) is 42.5 Å². The minimum absolute atomic E-state index is 0.0830. The number of rotatable bonds is 5. The van der Waals surface area contributed by atoms with Crippen molar-refractivity contribution in [2.24, 2.45) is 0 Å². The lowest BCUT2D eigenvalue weighted by Crippen LogP contribution is -1.99. The Bertz CT molecular complexity index is 701. The third kappa shape index (κ3) is 3.38. The van der Waals surface area contributed by atoms with Crippen LogP contribution in [0.1, 0.15) is 11.1 Å². The zero-order chi connectivity index (χ0) is 16.1. The average Bonchev–Trinajstić information content (AvgIpc) is 2.53. The van der Waals surface area contributed by atoms with E-state index in [2.05, 4.69) is 0 Å². The molecule has 0 radical (unpaired) electrons. The molecular formula is C17H16O5. The molecule has 0 bridgehead atoms. The summed E-state index contributed by atoms with van der Waals surface area (Å²) in [5.74, 6) is 0.118. The lowest BCUT2D eigenvalue weighted by atomic mass is 10.0. The van der Waals surface area contributed by atoms with Crippen molar-refractivity contribution in [1.29, 1.82) is 0 Å². The maximum Gasteiger partial charge on any atom is 0.336 e. The number of carbonyl (C=O) groups is 1. The standard InChI is InChI=1S/C17H16O5/c1-21-15-8-3-11(10-16(15)22-2)9-14(17(19)20)12-4-6-13(18)7-5-12/h3-10,18H,1-2H3,(H,19,20)/b14-9+. The molecule has 0 saturated heterocycles. The summed E-state index contributed by atoms with van der Waals surface area (Å²) in [5.41, 5.74) is 1.29. The van der Waals surface area contributed by atoms with E-state index in [0.29, 0.717) is 22.6 Å². The van der Waals surface area contributed by atoms with Gasteiger partial charge in [-0.2, -0.15) is 0 Å². The third-order valence-corrected chi connectivity index (χ3v) is 3.13. The first-order valence-electron chi connectivity index (χ1n) is 6.51. The molecule has 0 aliphatic rings. The van der Waals surface area contributed by atoms with E-state index in [1.54, 1.807) is 30.3 Å². The molecule has 2 aromatic rings. The molecule has 0 aliphatic heterocycles. The van der Waals surface area contributed by atoms with Crippen LogP contribution in [0.3, 0.4) is 0 Å². The molecule has 5 heteroatoms. The van der Waals surface area contributed by atoms with Gasteiger partial charge in [-0.1, -0.05) is 18.2 Å². The second kappa shape index (κ2) is 6.67. The number of phenols is 1. The van der Waals surface area contributed by atoms with Crippen LogP contribution < -0.4 is 9.47 Å². The van der Waals surface area contributed by atoms with Gasteiger partial charge in [0.05, 0.1) is 19.8 Å². The largest absolute Gasteiger partial charge is 0.508 e. The van der Waals surface area contributed by atoms with E-state index in [1.807, 2.05) is 0 Å². The van der Waals surface area contributed by atoms with Crippen LogP contribution in [0, 0.1) is 0 Å².